The molecule has 0 N–H and O–H groups in total. The zero-order valence-corrected chi connectivity index (χ0v) is 22.7. The van der Waals surface area contributed by atoms with E-state index in [1.165, 1.54) is 24.3 Å². The van der Waals surface area contributed by atoms with Crippen LogP contribution in [0.4, 0.5) is 22.0 Å². The second-order valence-corrected chi connectivity index (χ2v) is 13.9. The van der Waals surface area contributed by atoms with E-state index >= 15 is 0 Å². The molecule has 2 heterocycles. The Balaban J connectivity index is 1.56. The maximum Gasteiger partial charge on any atom is 0.426 e. The molecule has 1 aliphatic carbocycles. The van der Waals surface area contributed by atoms with Crippen molar-refractivity contribution in [2.24, 2.45) is 5.92 Å². The third-order valence-electron chi connectivity index (χ3n) is 9.10. The number of halogens is 5. The van der Waals surface area contributed by atoms with Gasteiger partial charge in [0.25, 0.3) is 0 Å². The second kappa shape index (κ2) is 9.56. The Hall–Kier alpha value is -2.49. The highest BCUT2D eigenvalue weighted by Gasteiger charge is 2.57. The standard InChI is InChI=1S/C29H32F5NO3S/c1-18-16-28(17-19-3-7-23(30)8-4-19)24-9-6-22(27(2,31)29(32,33)34)15-21(24)5-10-25(28)35(18)26(36)20-11-13-39(37,38)14-12-20/h3-4,6-9,15,18,20,25H,5,10-14,16-17H2,1-2H3/t18-,25?,27?,28?/m1/s1. The molecule has 0 aromatic heterocycles. The van der Waals surface area contributed by atoms with E-state index in [1.54, 1.807) is 18.2 Å². The van der Waals surface area contributed by atoms with Crippen molar-refractivity contribution in [2.45, 2.75) is 81.7 Å². The summed E-state index contributed by atoms with van der Waals surface area (Å²) >= 11 is 0. The molecule has 2 aromatic rings. The molecule has 0 saturated carbocycles. The van der Waals surface area contributed by atoms with Crippen LogP contribution in [0.3, 0.4) is 0 Å². The highest BCUT2D eigenvalue weighted by atomic mass is 32.2. The number of alkyl halides is 4. The Morgan fingerprint density at radius 3 is 2.28 bits per heavy atom. The number of sulfone groups is 1. The summed E-state index contributed by atoms with van der Waals surface area (Å²) in [4.78, 5) is 15.7. The highest BCUT2D eigenvalue weighted by molar-refractivity contribution is 7.91. The maximum absolute atomic E-state index is 14.9. The number of benzene rings is 2. The summed E-state index contributed by atoms with van der Waals surface area (Å²) in [5, 5.41) is 0. The lowest BCUT2D eigenvalue weighted by Gasteiger charge is -2.45. The van der Waals surface area contributed by atoms with Gasteiger partial charge in [0.15, 0.2) is 0 Å². The third-order valence-corrected chi connectivity index (χ3v) is 10.8. The van der Waals surface area contributed by atoms with Gasteiger partial charge in [-0.3, -0.25) is 4.79 Å². The number of hydrogen-bond acceptors (Lipinski definition) is 3. The Bertz CT molecular complexity index is 1360. The molecule has 2 aromatic carbocycles. The summed E-state index contributed by atoms with van der Waals surface area (Å²) in [6, 6.07) is 9.67. The van der Waals surface area contributed by atoms with Gasteiger partial charge in [-0.2, -0.15) is 13.2 Å². The van der Waals surface area contributed by atoms with Crippen molar-refractivity contribution in [1.29, 1.82) is 0 Å². The van der Waals surface area contributed by atoms with Gasteiger partial charge in [0, 0.05) is 23.4 Å². The van der Waals surface area contributed by atoms with Crippen molar-refractivity contribution in [1.82, 2.24) is 4.90 Å². The minimum Gasteiger partial charge on any atom is -0.336 e. The van der Waals surface area contributed by atoms with Gasteiger partial charge in [0.05, 0.1) is 11.5 Å². The number of nitrogens with zero attached hydrogens (tertiary/aromatic N) is 1. The molecule has 4 nitrogen and oxygen atoms in total. The predicted molar refractivity (Wildman–Crippen MR) is 137 cm³/mol. The number of hydrogen-bond donors (Lipinski definition) is 0. The van der Waals surface area contributed by atoms with Crippen LogP contribution in [-0.4, -0.2) is 49.0 Å². The Kier molecular flexibility index (Phi) is 6.88. The summed E-state index contributed by atoms with van der Waals surface area (Å²) in [6.45, 7) is 2.47. The molecular formula is C29H32F5NO3S. The highest BCUT2D eigenvalue weighted by Crippen LogP contribution is 2.53. The van der Waals surface area contributed by atoms with E-state index in [2.05, 4.69) is 0 Å². The first kappa shape index (κ1) is 28.1. The molecule has 2 aliphatic heterocycles. The quantitative estimate of drug-likeness (QED) is 0.437. The lowest BCUT2D eigenvalue weighted by atomic mass is 9.63. The number of likely N-dealkylation sites (tertiary alicyclic amines) is 1. The van der Waals surface area contributed by atoms with Crippen LogP contribution in [0.15, 0.2) is 42.5 Å². The van der Waals surface area contributed by atoms with Crippen LogP contribution in [0.25, 0.3) is 0 Å². The molecule has 212 valence electrons. The SMILES string of the molecule is C[C@@H]1CC2(Cc3ccc(F)cc3)c3ccc(C(C)(F)C(F)(F)F)cc3CCC2N1C(=O)C1CCS(=O)(=O)CC1. The third kappa shape index (κ3) is 4.87. The average molecular weight is 570 g/mol. The molecule has 10 heteroatoms. The van der Waals surface area contributed by atoms with Crippen molar-refractivity contribution in [3.63, 3.8) is 0 Å². The molecular weight excluding hydrogens is 537 g/mol. The molecule has 3 unspecified atom stereocenters. The van der Waals surface area contributed by atoms with Crippen LogP contribution in [0.1, 0.15) is 61.8 Å². The fourth-order valence-electron chi connectivity index (χ4n) is 7.04. The van der Waals surface area contributed by atoms with E-state index in [4.69, 9.17) is 0 Å². The van der Waals surface area contributed by atoms with Crippen LogP contribution in [0.5, 0.6) is 0 Å². The molecule has 0 radical (unpaired) electrons. The van der Waals surface area contributed by atoms with Gasteiger partial charge in [-0.15, -0.1) is 0 Å². The van der Waals surface area contributed by atoms with Gasteiger partial charge in [0.2, 0.25) is 11.6 Å². The Labute approximate surface area is 225 Å². The molecule has 0 bridgehead atoms. The largest absolute Gasteiger partial charge is 0.426 e. The maximum atomic E-state index is 14.9. The van der Waals surface area contributed by atoms with Gasteiger partial charge in [-0.05, 0) is 86.8 Å². The topological polar surface area (TPSA) is 54.5 Å². The van der Waals surface area contributed by atoms with E-state index in [1.807, 2.05) is 11.8 Å². The normalized spacial score (nSPS) is 28.4. The number of rotatable bonds is 4. The first-order valence-electron chi connectivity index (χ1n) is 13.3. The van der Waals surface area contributed by atoms with E-state index in [-0.39, 0.29) is 48.2 Å². The molecule has 3 aliphatic rings. The minimum absolute atomic E-state index is 0.0240. The summed E-state index contributed by atoms with van der Waals surface area (Å²) in [5.41, 5.74) is -2.37. The van der Waals surface area contributed by atoms with Gasteiger partial charge in [-0.25, -0.2) is 17.2 Å². The lowest BCUT2D eigenvalue weighted by Crippen LogP contribution is -2.52. The van der Waals surface area contributed by atoms with Crippen LogP contribution < -0.4 is 0 Å². The van der Waals surface area contributed by atoms with Crippen molar-refractivity contribution < 1.29 is 35.2 Å². The first-order chi connectivity index (χ1) is 18.1. The van der Waals surface area contributed by atoms with Crippen LogP contribution >= 0.6 is 0 Å². The van der Waals surface area contributed by atoms with Gasteiger partial charge >= 0.3 is 6.18 Å². The minimum atomic E-state index is -5.07. The number of fused-ring (bicyclic) bond motifs is 3. The van der Waals surface area contributed by atoms with Crippen LogP contribution in [0.2, 0.25) is 0 Å². The summed E-state index contributed by atoms with van der Waals surface area (Å²) in [6.07, 6.45) is -2.70. The van der Waals surface area contributed by atoms with Gasteiger partial charge in [-0.1, -0.05) is 30.3 Å². The van der Waals surface area contributed by atoms with E-state index in [9.17, 15) is 35.2 Å². The number of carbonyl (C=O) groups excluding carboxylic acids is 1. The molecule has 4 atom stereocenters. The Morgan fingerprint density at radius 2 is 1.67 bits per heavy atom. The van der Waals surface area contributed by atoms with Crippen molar-refractivity contribution >= 4 is 15.7 Å². The predicted octanol–water partition coefficient (Wildman–Crippen LogP) is 5.81. The monoisotopic (exact) mass is 569 g/mol. The van der Waals surface area contributed by atoms with Crippen molar-refractivity contribution in [2.75, 3.05) is 11.5 Å². The molecule has 0 spiro atoms. The number of aryl methyl sites for hydroxylation is 1. The molecule has 39 heavy (non-hydrogen) atoms. The lowest BCUT2D eigenvalue weighted by molar-refractivity contribution is -0.228. The van der Waals surface area contributed by atoms with Gasteiger partial charge in [0.1, 0.15) is 15.7 Å². The molecule has 5 rings (SSSR count). The van der Waals surface area contributed by atoms with Crippen molar-refractivity contribution in [3.8, 4) is 0 Å². The molecule has 2 saturated heterocycles. The molecule has 2 fully saturated rings. The molecule has 1 amide bonds. The zero-order chi connectivity index (χ0) is 28.4. The summed E-state index contributed by atoms with van der Waals surface area (Å²) in [7, 11) is -3.14. The van der Waals surface area contributed by atoms with Crippen LogP contribution in [0, 0.1) is 11.7 Å². The first-order valence-corrected chi connectivity index (χ1v) is 15.1. The number of carbonyl (C=O) groups is 1. The smallest absolute Gasteiger partial charge is 0.336 e. The summed E-state index contributed by atoms with van der Waals surface area (Å²) < 4.78 is 93.0. The van der Waals surface area contributed by atoms with E-state index in [0.29, 0.717) is 38.2 Å². The zero-order valence-electron chi connectivity index (χ0n) is 21.9. The Morgan fingerprint density at radius 1 is 1.03 bits per heavy atom. The van der Waals surface area contributed by atoms with Gasteiger partial charge < -0.3 is 4.90 Å². The van der Waals surface area contributed by atoms with Crippen molar-refractivity contribution in [3.05, 3.63) is 70.5 Å². The van der Waals surface area contributed by atoms with Crippen LogP contribution in [-0.2, 0) is 38.6 Å². The fourth-order valence-corrected chi connectivity index (χ4v) is 8.54. The van der Waals surface area contributed by atoms with E-state index in [0.717, 1.165) is 11.1 Å². The summed E-state index contributed by atoms with van der Waals surface area (Å²) in [5.74, 6) is -0.926. The second-order valence-electron chi connectivity index (χ2n) is 11.6. The average Bonchev–Trinajstić information content (AvgIpc) is 3.15. The van der Waals surface area contributed by atoms with E-state index < -0.39 is 38.6 Å². The fraction of sp³-hybridized carbons (Fsp3) is 0.552. The number of amides is 1.